The van der Waals surface area contributed by atoms with Crippen LogP contribution in [0, 0.1) is 5.41 Å². The van der Waals surface area contributed by atoms with E-state index in [9.17, 15) is 0 Å². The molecule has 0 fully saturated rings. The molecule has 0 aromatic rings. The molecule has 2 aliphatic heterocycles. The predicted molar refractivity (Wildman–Crippen MR) is 68.7 cm³/mol. The Labute approximate surface area is 103 Å². The third kappa shape index (κ3) is 2.31. The van der Waals surface area contributed by atoms with Gasteiger partial charge in [0.1, 0.15) is 18.6 Å². The predicted octanol–water partition coefficient (Wildman–Crippen LogP) is 2.43. The number of ether oxygens (including phenoxy) is 2. The average Bonchev–Trinajstić information content (AvgIpc) is 2.98. The van der Waals surface area contributed by atoms with Crippen LogP contribution in [0.15, 0.2) is 9.98 Å². The standard InChI is InChI=1S/C13H22N2O2/c1-5-9-7-16-11(14-9)13(3,4)12-15-10(6-2)8-17-12/h9-10H,5-8H2,1-4H3/t9-,10-/m0/s1. The van der Waals surface area contributed by atoms with Gasteiger partial charge in [0, 0.05) is 0 Å². The van der Waals surface area contributed by atoms with E-state index in [1.165, 1.54) is 0 Å². The molecule has 2 rings (SSSR count). The monoisotopic (exact) mass is 238 g/mol. The summed E-state index contributed by atoms with van der Waals surface area (Å²) in [5.41, 5.74) is -0.326. The van der Waals surface area contributed by atoms with Crippen LogP contribution in [0.4, 0.5) is 0 Å². The molecular weight excluding hydrogens is 216 g/mol. The lowest BCUT2D eigenvalue weighted by Gasteiger charge is -2.22. The van der Waals surface area contributed by atoms with E-state index in [1.54, 1.807) is 0 Å². The van der Waals surface area contributed by atoms with Gasteiger partial charge in [0.15, 0.2) is 11.8 Å². The molecule has 0 aliphatic carbocycles. The van der Waals surface area contributed by atoms with Crippen LogP contribution in [0.5, 0.6) is 0 Å². The zero-order valence-electron chi connectivity index (χ0n) is 11.2. The van der Waals surface area contributed by atoms with Crippen molar-refractivity contribution < 1.29 is 9.47 Å². The van der Waals surface area contributed by atoms with Gasteiger partial charge in [0.05, 0.1) is 12.1 Å². The molecule has 2 atom stereocenters. The van der Waals surface area contributed by atoms with Gasteiger partial charge >= 0.3 is 0 Å². The van der Waals surface area contributed by atoms with Gasteiger partial charge in [-0.15, -0.1) is 0 Å². The van der Waals surface area contributed by atoms with Crippen molar-refractivity contribution in [2.75, 3.05) is 13.2 Å². The highest BCUT2D eigenvalue weighted by molar-refractivity contribution is 6.05. The summed E-state index contributed by atoms with van der Waals surface area (Å²) in [6.45, 7) is 9.79. The van der Waals surface area contributed by atoms with Crippen molar-refractivity contribution in [2.45, 2.75) is 52.6 Å². The maximum Gasteiger partial charge on any atom is 0.199 e. The second kappa shape index (κ2) is 4.67. The van der Waals surface area contributed by atoms with E-state index in [0.717, 1.165) is 24.6 Å². The van der Waals surface area contributed by atoms with Crippen LogP contribution in [-0.4, -0.2) is 37.1 Å². The summed E-state index contributed by atoms with van der Waals surface area (Å²) in [6.07, 6.45) is 2.04. The summed E-state index contributed by atoms with van der Waals surface area (Å²) in [4.78, 5) is 9.21. The largest absolute Gasteiger partial charge is 0.478 e. The molecule has 0 amide bonds. The van der Waals surface area contributed by atoms with Crippen molar-refractivity contribution in [2.24, 2.45) is 15.4 Å². The van der Waals surface area contributed by atoms with E-state index in [4.69, 9.17) is 9.47 Å². The summed E-state index contributed by atoms with van der Waals surface area (Å²) in [5, 5.41) is 0. The van der Waals surface area contributed by atoms with E-state index in [-0.39, 0.29) is 5.41 Å². The van der Waals surface area contributed by atoms with Gasteiger partial charge in [-0.1, -0.05) is 13.8 Å². The van der Waals surface area contributed by atoms with Crippen LogP contribution >= 0.6 is 0 Å². The number of hydrogen-bond donors (Lipinski definition) is 0. The molecular formula is C13H22N2O2. The van der Waals surface area contributed by atoms with E-state index < -0.39 is 0 Å². The second-order valence-electron chi connectivity index (χ2n) is 5.24. The van der Waals surface area contributed by atoms with Gasteiger partial charge in [-0.05, 0) is 26.7 Å². The van der Waals surface area contributed by atoms with E-state index in [0.29, 0.717) is 25.3 Å². The summed E-state index contributed by atoms with van der Waals surface area (Å²) < 4.78 is 11.4. The Bertz CT molecular complexity index is 315. The molecule has 0 unspecified atom stereocenters. The molecule has 4 nitrogen and oxygen atoms in total. The summed E-state index contributed by atoms with van der Waals surface area (Å²) >= 11 is 0. The van der Waals surface area contributed by atoms with Crippen molar-refractivity contribution in [1.29, 1.82) is 0 Å². The van der Waals surface area contributed by atoms with Gasteiger partial charge in [0.2, 0.25) is 0 Å². The fourth-order valence-corrected chi connectivity index (χ4v) is 2.02. The maximum absolute atomic E-state index is 5.69. The lowest BCUT2D eigenvalue weighted by Crippen LogP contribution is -2.34. The van der Waals surface area contributed by atoms with Gasteiger partial charge in [-0.25, -0.2) is 9.98 Å². The van der Waals surface area contributed by atoms with Crippen molar-refractivity contribution in [3.63, 3.8) is 0 Å². The van der Waals surface area contributed by atoms with Crippen LogP contribution < -0.4 is 0 Å². The van der Waals surface area contributed by atoms with Crippen LogP contribution in [0.3, 0.4) is 0 Å². The Morgan fingerprint density at radius 2 is 1.41 bits per heavy atom. The first kappa shape index (κ1) is 12.4. The molecule has 17 heavy (non-hydrogen) atoms. The Morgan fingerprint density at radius 1 is 1.00 bits per heavy atom. The zero-order valence-corrected chi connectivity index (χ0v) is 11.2. The highest BCUT2D eigenvalue weighted by Crippen LogP contribution is 2.29. The third-order valence-electron chi connectivity index (χ3n) is 3.44. The summed E-state index contributed by atoms with van der Waals surface area (Å²) in [6, 6.07) is 0.599. The number of hydrogen-bond acceptors (Lipinski definition) is 4. The fraction of sp³-hybridized carbons (Fsp3) is 0.846. The lowest BCUT2D eigenvalue weighted by molar-refractivity contribution is 0.262. The van der Waals surface area contributed by atoms with Gasteiger partial charge in [0.25, 0.3) is 0 Å². The fourth-order valence-electron chi connectivity index (χ4n) is 2.02. The topological polar surface area (TPSA) is 43.2 Å². The first-order valence-electron chi connectivity index (χ1n) is 6.50. The van der Waals surface area contributed by atoms with Crippen LogP contribution in [0.25, 0.3) is 0 Å². The number of aliphatic imine (C=N–C) groups is 2. The van der Waals surface area contributed by atoms with Crippen molar-refractivity contribution in [3.05, 3.63) is 0 Å². The second-order valence-corrected chi connectivity index (χ2v) is 5.24. The van der Waals surface area contributed by atoms with Crippen molar-refractivity contribution >= 4 is 11.8 Å². The normalized spacial score (nSPS) is 28.5. The lowest BCUT2D eigenvalue weighted by atomic mass is 9.93. The van der Waals surface area contributed by atoms with E-state index in [2.05, 4.69) is 37.7 Å². The molecule has 0 N–H and O–H groups in total. The Hall–Kier alpha value is -1.06. The molecule has 96 valence electrons. The highest BCUT2D eigenvalue weighted by atomic mass is 16.5. The Balaban J connectivity index is 2.14. The van der Waals surface area contributed by atoms with E-state index >= 15 is 0 Å². The first-order valence-corrected chi connectivity index (χ1v) is 6.50. The average molecular weight is 238 g/mol. The highest BCUT2D eigenvalue weighted by Gasteiger charge is 2.40. The Morgan fingerprint density at radius 3 is 1.71 bits per heavy atom. The van der Waals surface area contributed by atoms with Crippen molar-refractivity contribution in [1.82, 2.24) is 0 Å². The van der Waals surface area contributed by atoms with Gasteiger partial charge < -0.3 is 9.47 Å². The summed E-state index contributed by atoms with van der Waals surface area (Å²) in [5.74, 6) is 1.56. The summed E-state index contributed by atoms with van der Waals surface area (Å²) in [7, 11) is 0. The Kier molecular flexibility index (Phi) is 3.40. The minimum Gasteiger partial charge on any atom is -0.478 e. The van der Waals surface area contributed by atoms with Crippen LogP contribution in [0.2, 0.25) is 0 Å². The first-order chi connectivity index (χ1) is 8.07. The SMILES string of the molecule is CC[C@H]1COC(C(C)(C)C2=N[C@@H](CC)CO2)=N1. The molecule has 2 aliphatic rings. The van der Waals surface area contributed by atoms with Gasteiger partial charge in [-0.3, -0.25) is 0 Å². The van der Waals surface area contributed by atoms with Crippen LogP contribution in [0.1, 0.15) is 40.5 Å². The molecule has 0 saturated heterocycles. The number of rotatable bonds is 4. The minimum absolute atomic E-state index is 0.299. The van der Waals surface area contributed by atoms with Gasteiger partial charge in [-0.2, -0.15) is 0 Å². The molecule has 0 radical (unpaired) electrons. The minimum atomic E-state index is -0.326. The molecule has 4 heteroatoms. The molecule has 0 spiro atoms. The molecule has 0 saturated carbocycles. The van der Waals surface area contributed by atoms with E-state index in [1.807, 2.05) is 0 Å². The zero-order chi connectivity index (χ0) is 12.5. The third-order valence-corrected chi connectivity index (χ3v) is 3.44. The van der Waals surface area contributed by atoms with Crippen LogP contribution in [-0.2, 0) is 9.47 Å². The maximum atomic E-state index is 5.69. The smallest absolute Gasteiger partial charge is 0.199 e. The molecule has 0 aromatic carbocycles. The molecule has 0 bridgehead atoms. The molecule has 0 aromatic heterocycles. The van der Waals surface area contributed by atoms with Crippen molar-refractivity contribution in [3.8, 4) is 0 Å². The molecule has 2 heterocycles. The number of nitrogens with zero attached hydrogens (tertiary/aromatic N) is 2. The quantitative estimate of drug-likeness (QED) is 0.755.